The first kappa shape index (κ1) is 15.6. The molecule has 6 heteroatoms. The van der Waals surface area contributed by atoms with Crippen LogP contribution in [0.15, 0.2) is 28.9 Å². The molecule has 2 aromatic rings. The smallest absolute Gasteiger partial charge is 0.222 e. The normalized spacial score (nSPS) is 22.0. The molecular formula is C16H17BrClN3O. The number of benzene rings is 1. The Labute approximate surface area is 142 Å². The van der Waals surface area contributed by atoms with Crippen molar-refractivity contribution in [1.29, 1.82) is 0 Å². The molecule has 0 radical (unpaired) electrons. The molecule has 2 atom stereocenters. The molecule has 0 spiro atoms. The maximum absolute atomic E-state index is 11.6. The summed E-state index contributed by atoms with van der Waals surface area (Å²) in [6, 6.07) is 6.18. The summed E-state index contributed by atoms with van der Waals surface area (Å²) in [4.78, 5) is 18.2. The predicted octanol–water partition coefficient (Wildman–Crippen LogP) is 3.74. The third kappa shape index (κ3) is 2.79. The Morgan fingerprint density at radius 2 is 2.23 bits per heavy atom. The van der Waals surface area contributed by atoms with E-state index in [1.54, 1.807) is 6.20 Å². The molecule has 2 unspecified atom stereocenters. The van der Waals surface area contributed by atoms with Gasteiger partial charge in [-0.25, -0.2) is 0 Å². The van der Waals surface area contributed by atoms with Crippen LogP contribution >= 0.6 is 27.5 Å². The molecule has 1 fully saturated rings. The molecule has 1 aliphatic heterocycles. The van der Waals surface area contributed by atoms with Crippen molar-refractivity contribution in [3.63, 3.8) is 0 Å². The zero-order valence-corrected chi connectivity index (χ0v) is 14.6. The number of piperidine rings is 1. The Bertz CT molecular complexity index is 737. The van der Waals surface area contributed by atoms with Gasteiger partial charge in [-0.05, 0) is 38.0 Å². The van der Waals surface area contributed by atoms with Crippen LogP contribution in [0.3, 0.4) is 0 Å². The van der Waals surface area contributed by atoms with E-state index in [0.717, 1.165) is 33.9 Å². The highest BCUT2D eigenvalue weighted by Gasteiger charge is 2.29. The van der Waals surface area contributed by atoms with E-state index in [9.17, 15) is 4.79 Å². The van der Waals surface area contributed by atoms with Crippen molar-refractivity contribution >= 4 is 50.0 Å². The van der Waals surface area contributed by atoms with Gasteiger partial charge in [0.25, 0.3) is 0 Å². The largest absolute Gasteiger partial charge is 0.369 e. The minimum atomic E-state index is -0.227. The van der Waals surface area contributed by atoms with Crippen LogP contribution in [0.4, 0.5) is 5.69 Å². The van der Waals surface area contributed by atoms with Crippen LogP contribution < -0.4 is 10.6 Å². The zero-order chi connectivity index (χ0) is 15.9. The molecule has 2 heterocycles. The fraction of sp³-hybridized carbons (Fsp3) is 0.375. The van der Waals surface area contributed by atoms with Crippen LogP contribution in [0.25, 0.3) is 10.9 Å². The summed E-state index contributed by atoms with van der Waals surface area (Å²) in [7, 11) is 0. The average molecular weight is 383 g/mol. The molecule has 3 rings (SSSR count). The van der Waals surface area contributed by atoms with Crippen LogP contribution in [0, 0.1) is 5.92 Å². The molecule has 1 amide bonds. The standard InChI is InChI=1S/C16H17BrClN3O/c1-9-2-3-10(16(19)22)8-21(9)14-4-5-20-15-12(14)6-11(17)7-13(15)18/h4-7,9-10H,2-3,8H2,1H3,(H2,19,22). The summed E-state index contributed by atoms with van der Waals surface area (Å²) >= 11 is 9.79. The van der Waals surface area contributed by atoms with Gasteiger partial charge in [-0.2, -0.15) is 0 Å². The Balaban J connectivity index is 2.10. The molecule has 0 aliphatic carbocycles. The van der Waals surface area contributed by atoms with Crippen molar-refractivity contribution in [2.45, 2.75) is 25.8 Å². The highest BCUT2D eigenvalue weighted by atomic mass is 79.9. The summed E-state index contributed by atoms with van der Waals surface area (Å²) in [6.07, 6.45) is 3.55. The number of hydrogen-bond donors (Lipinski definition) is 1. The number of carbonyl (C=O) groups is 1. The number of halogens is 2. The number of pyridine rings is 1. The summed E-state index contributed by atoms with van der Waals surface area (Å²) < 4.78 is 0.912. The monoisotopic (exact) mass is 381 g/mol. The Hall–Kier alpha value is -1.33. The molecular weight excluding hydrogens is 366 g/mol. The second kappa shape index (κ2) is 6.05. The number of rotatable bonds is 2. The van der Waals surface area contributed by atoms with Gasteiger partial charge in [0, 0.05) is 34.3 Å². The zero-order valence-electron chi connectivity index (χ0n) is 12.2. The molecule has 1 saturated heterocycles. The van der Waals surface area contributed by atoms with Crippen molar-refractivity contribution in [1.82, 2.24) is 4.98 Å². The summed E-state index contributed by atoms with van der Waals surface area (Å²) in [6.45, 7) is 2.81. The van der Waals surface area contributed by atoms with Crippen molar-refractivity contribution in [2.75, 3.05) is 11.4 Å². The maximum atomic E-state index is 11.6. The van der Waals surface area contributed by atoms with Gasteiger partial charge in [-0.1, -0.05) is 27.5 Å². The van der Waals surface area contributed by atoms with Crippen molar-refractivity contribution in [3.05, 3.63) is 33.9 Å². The van der Waals surface area contributed by atoms with E-state index in [-0.39, 0.29) is 11.8 Å². The molecule has 22 heavy (non-hydrogen) atoms. The van der Waals surface area contributed by atoms with Gasteiger partial charge >= 0.3 is 0 Å². The van der Waals surface area contributed by atoms with Gasteiger partial charge in [-0.3, -0.25) is 9.78 Å². The summed E-state index contributed by atoms with van der Waals surface area (Å²) in [5.41, 5.74) is 7.33. The average Bonchev–Trinajstić information content (AvgIpc) is 2.47. The third-order valence-corrected chi connectivity index (χ3v) is 5.08. The van der Waals surface area contributed by atoms with Crippen molar-refractivity contribution in [3.8, 4) is 0 Å². The quantitative estimate of drug-likeness (QED) is 0.860. The number of nitrogens with zero attached hydrogens (tertiary/aromatic N) is 2. The van der Waals surface area contributed by atoms with Crippen molar-refractivity contribution < 1.29 is 4.79 Å². The van der Waals surface area contributed by atoms with Crippen LogP contribution in [-0.4, -0.2) is 23.5 Å². The molecule has 0 saturated carbocycles. The summed E-state index contributed by atoms with van der Waals surface area (Å²) in [5.74, 6) is -0.337. The molecule has 1 aromatic carbocycles. The number of anilines is 1. The lowest BCUT2D eigenvalue weighted by Gasteiger charge is -2.39. The van der Waals surface area contributed by atoms with Gasteiger partial charge in [0.15, 0.2) is 0 Å². The van der Waals surface area contributed by atoms with Gasteiger partial charge in [0.1, 0.15) is 0 Å². The van der Waals surface area contributed by atoms with Gasteiger partial charge < -0.3 is 10.6 Å². The van der Waals surface area contributed by atoms with Gasteiger partial charge in [-0.15, -0.1) is 0 Å². The highest BCUT2D eigenvalue weighted by molar-refractivity contribution is 9.10. The second-order valence-corrected chi connectivity index (χ2v) is 7.11. The van der Waals surface area contributed by atoms with Crippen LogP contribution in [0.2, 0.25) is 5.02 Å². The number of amides is 1. The molecule has 116 valence electrons. The van der Waals surface area contributed by atoms with E-state index in [0.29, 0.717) is 17.6 Å². The number of carbonyl (C=O) groups excluding carboxylic acids is 1. The topological polar surface area (TPSA) is 59.2 Å². The number of nitrogens with two attached hydrogens (primary N) is 1. The maximum Gasteiger partial charge on any atom is 0.222 e. The minimum absolute atomic E-state index is 0.109. The first-order valence-corrected chi connectivity index (χ1v) is 8.44. The number of primary amides is 1. The molecule has 1 aromatic heterocycles. The van der Waals surface area contributed by atoms with Crippen molar-refractivity contribution in [2.24, 2.45) is 11.7 Å². The minimum Gasteiger partial charge on any atom is -0.369 e. The SMILES string of the molecule is CC1CCC(C(N)=O)CN1c1ccnc2c(Cl)cc(Br)cc12. The van der Waals surface area contributed by atoms with E-state index < -0.39 is 0 Å². The summed E-state index contributed by atoms with van der Waals surface area (Å²) in [5, 5.41) is 1.60. The first-order chi connectivity index (χ1) is 10.5. The van der Waals surface area contributed by atoms with E-state index in [1.165, 1.54) is 0 Å². The lowest BCUT2D eigenvalue weighted by Crippen LogP contribution is -2.46. The van der Waals surface area contributed by atoms with Crippen LogP contribution in [-0.2, 0) is 4.79 Å². The number of aromatic nitrogens is 1. The molecule has 0 bridgehead atoms. The number of hydrogen-bond acceptors (Lipinski definition) is 3. The van der Waals surface area contributed by atoms with Crippen LogP contribution in [0.1, 0.15) is 19.8 Å². The Morgan fingerprint density at radius 3 is 2.95 bits per heavy atom. The van der Waals surface area contributed by atoms with E-state index in [4.69, 9.17) is 17.3 Å². The Morgan fingerprint density at radius 1 is 1.45 bits per heavy atom. The number of fused-ring (bicyclic) bond motifs is 1. The molecule has 1 aliphatic rings. The van der Waals surface area contributed by atoms with E-state index >= 15 is 0 Å². The van der Waals surface area contributed by atoms with Crippen LogP contribution in [0.5, 0.6) is 0 Å². The third-order valence-electron chi connectivity index (χ3n) is 4.33. The lowest BCUT2D eigenvalue weighted by atomic mass is 9.92. The first-order valence-electron chi connectivity index (χ1n) is 7.27. The van der Waals surface area contributed by atoms with Gasteiger partial charge in [0.05, 0.1) is 16.5 Å². The molecule has 4 nitrogen and oxygen atoms in total. The lowest BCUT2D eigenvalue weighted by molar-refractivity contribution is -0.122. The second-order valence-electron chi connectivity index (χ2n) is 5.79. The van der Waals surface area contributed by atoms with E-state index in [2.05, 4.69) is 32.7 Å². The highest BCUT2D eigenvalue weighted by Crippen LogP contribution is 2.36. The molecule has 2 N–H and O–H groups in total. The fourth-order valence-electron chi connectivity index (χ4n) is 3.09. The van der Waals surface area contributed by atoms with Gasteiger partial charge in [0.2, 0.25) is 5.91 Å². The van der Waals surface area contributed by atoms with E-state index in [1.807, 2.05) is 18.2 Å². The predicted molar refractivity (Wildman–Crippen MR) is 93.2 cm³/mol. The Kier molecular flexibility index (Phi) is 4.28. The fourth-order valence-corrected chi connectivity index (χ4v) is 3.95.